The second-order valence-electron chi connectivity index (χ2n) is 7.50. The molecule has 146 valence electrons. The molecule has 3 rings (SSSR count). The first-order valence-corrected chi connectivity index (χ1v) is 10.6. The SMILES string of the molecule is CCOc1cccc(C[NH2+]C2CCCCCCC2)c1OCc1ccccc1. The topological polar surface area (TPSA) is 35.1 Å². The Labute approximate surface area is 164 Å². The Morgan fingerprint density at radius 1 is 0.852 bits per heavy atom. The van der Waals surface area contributed by atoms with Crippen molar-refractivity contribution >= 4 is 0 Å². The summed E-state index contributed by atoms with van der Waals surface area (Å²) in [6, 6.07) is 17.4. The molecular formula is C24H34NO2+. The summed E-state index contributed by atoms with van der Waals surface area (Å²) in [7, 11) is 0. The van der Waals surface area contributed by atoms with E-state index in [1.54, 1.807) is 0 Å². The summed E-state index contributed by atoms with van der Waals surface area (Å²) in [6.07, 6.45) is 9.64. The molecule has 1 aliphatic rings. The van der Waals surface area contributed by atoms with Gasteiger partial charge in [-0.3, -0.25) is 0 Å². The third-order valence-electron chi connectivity index (χ3n) is 5.41. The smallest absolute Gasteiger partial charge is 0.170 e. The van der Waals surface area contributed by atoms with Gasteiger partial charge in [-0.15, -0.1) is 0 Å². The molecule has 2 N–H and O–H groups in total. The monoisotopic (exact) mass is 368 g/mol. The van der Waals surface area contributed by atoms with Crippen molar-refractivity contribution in [1.29, 1.82) is 0 Å². The van der Waals surface area contributed by atoms with Gasteiger partial charge in [-0.05, 0) is 50.3 Å². The number of para-hydroxylation sites is 1. The summed E-state index contributed by atoms with van der Waals surface area (Å²) in [4.78, 5) is 0. The van der Waals surface area contributed by atoms with Crippen LogP contribution in [-0.4, -0.2) is 12.6 Å². The van der Waals surface area contributed by atoms with E-state index in [0.29, 0.717) is 13.2 Å². The summed E-state index contributed by atoms with van der Waals surface area (Å²) < 4.78 is 12.1. The maximum Gasteiger partial charge on any atom is 0.170 e. The molecule has 27 heavy (non-hydrogen) atoms. The predicted molar refractivity (Wildman–Crippen MR) is 110 cm³/mol. The van der Waals surface area contributed by atoms with Gasteiger partial charge in [0.2, 0.25) is 0 Å². The first kappa shape index (κ1) is 19.8. The molecule has 0 heterocycles. The third kappa shape index (κ3) is 6.28. The Balaban J connectivity index is 1.68. The lowest BCUT2D eigenvalue weighted by atomic mass is 9.96. The van der Waals surface area contributed by atoms with Gasteiger partial charge in [0.05, 0.1) is 18.2 Å². The van der Waals surface area contributed by atoms with Crippen LogP contribution >= 0.6 is 0 Å². The van der Waals surface area contributed by atoms with E-state index in [1.165, 1.54) is 56.1 Å². The molecule has 0 spiro atoms. The zero-order valence-electron chi connectivity index (χ0n) is 16.7. The van der Waals surface area contributed by atoms with Crippen molar-refractivity contribution in [2.45, 2.75) is 71.1 Å². The van der Waals surface area contributed by atoms with Gasteiger partial charge in [-0.25, -0.2) is 0 Å². The van der Waals surface area contributed by atoms with Crippen LogP contribution in [0.25, 0.3) is 0 Å². The molecule has 0 radical (unpaired) electrons. The van der Waals surface area contributed by atoms with Gasteiger partial charge in [0.1, 0.15) is 13.2 Å². The molecule has 0 amide bonds. The Bertz CT molecular complexity index is 663. The van der Waals surface area contributed by atoms with Crippen molar-refractivity contribution in [2.24, 2.45) is 0 Å². The fraction of sp³-hybridized carbons (Fsp3) is 0.500. The lowest BCUT2D eigenvalue weighted by molar-refractivity contribution is -0.706. The number of ether oxygens (including phenoxy) is 2. The number of nitrogens with two attached hydrogens (primary N) is 1. The Kier molecular flexibility index (Phi) is 8.03. The van der Waals surface area contributed by atoms with Crippen LogP contribution in [0.4, 0.5) is 0 Å². The molecule has 0 unspecified atom stereocenters. The maximum atomic E-state index is 6.25. The van der Waals surface area contributed by atoms with Gasteiger partial charge in [0.15, 0.2) is 11.5 Å². The Morgan fingerprint density at radius 2 is 1.59 bits per heavy atom. The van der Waals surface area contributed by atoms with Gasteiger partial charge in [-0.2, -0.15) is 0 Å². The quantitative estimate of drug-likeness (QED) is 0.723. The van der Waals surface area contributed by atoms with E-state index in [1.807, 2.05) is 19.1 Å². The average molecular weight is 369 g/mol. The van der Waals surface area contributed by atoms with E-state index in [2.05, 4.69) is 41.7 Å². The van der Waals surface area contributed by atoms with Crippen LogP contribution in [0.1, 0.15) is 63.0 Å². The standard InChI is InChI=1S/C24H33NO2/c1-2-26-23-17-11-14-21(18-25-22-15-9-4-3-5-10-16-22)24(23)27-19-20-12-7-6-8-13-20/h6-8,11-14,17,22,25H,2-5,9-10,15-16,18-19H2,1H3/p+1. The van der Waals surface area contributed by atoms with Crippen LogP contribution in [0, 0.1) is 0 Å². The minimum absolute atomic E-state index is 0.571. The molecule has 0 aromatic heterocycles. The van der Waals surface area contributed by atoms with Crippen molar-refractivity contribution in [3.63, 3.8) is 0 Å². The van der Waals surface area contributed by atoms with Crippen molar-refractivity contribution in [3.8, 4) is 11.5 Å². The molecule has 1 fully saturated rings. The number of rotatable bonds is 8. The van der Waals surface area contributed by atoms with E-state index >= 15 is 0 Å². The summed E-state index contributed by atoms with van der Waals surface area (Å²) in [6.45, 7) is 4.20. The average Bonchev–Trinajstić information content (AvgIpc) is 2.67. The van der Waals surface area contributed by atoms with E-state index in [0.717, 1.165) is 24.1 Å². The highest BCUT2D eigenvalue weighted by atomic mass is 16.5. The van der Waals surface area contributed by atoms with Gasteiger partial charge in [-0.1, -0.05) is 55.7 Å². The minimum atomic E-state index is 0.571. The summed E-state index contributed by atoms with van der Waals surface area (Å²) in [5.74, 6) is 1.77. The molecule has 2 aromatic carbocycles. The molecular weight excluding hydrogens is 334 g/mol. The fourth-order valence-electron chi connectivity index (χ4n) is 3.90. The van der Waals surface area contributed by atoms with Crippen molar-refractivity contribution in [1.82, 2.24) is 0 Å². The highest BCUT2D eigenvalue weighted by molar-refractivity contribution is 5.46. The minimum Gasteiger partial charge on any atom is -0.490 e. The fourth-order valence-corrected chi connectivity index (χ4v) is 3.90. The van der Waals surface area contributed by atoms with Gasteiger partial charge in [0, 0.05) is 0 Å². The van der Waals surface area contributed by atoms with Crippen LogP contribution < -0.4 is 14.8 Å². The Hall–Kier alpha value is -2.00. The lowest BCUT2D eigenvalue weighted by Gasteiger charge is -2.20. The number of hydrogen-bond donors (Lipinski definition) is 1. The van der Waals surface area contributed by atoms with Crippen LogP contribution in [0.3, 0.4) is 0 Å². The van der Waals surface area contributed by atoms with E-state index < -0.39 is 0 Å². The van der Waals surface area contributed by atoms with Crippen LogP contribution in [0.2, 0.25) is 0 Å². The molecule has 1 saturated carbocycles. The summed E-state index contributed by atoms with van der Waals surface area (Å²) >= 11 is 0. The number of benzene rings is 2. The third-order valence-corrected chi connectivity index (χ3v) is 5.41. The van der Waals surface area contributed by atoms with Crippen molar-refractivity contribution < 1.29 is 14.8 Å². The van der Waals surface area contributed by atoms with Gasteiger partial charge >= 0.3 is 0 Å². The lowest BCUT2D eigenvalue weighted by Crippen LogP contribution is -2.88. The second-order valence-corrected chi connectivity index (χ2v) is 7.50. The largest absolute Gasteiger partial charge is 0.490 e. The zero-order chi connectivity index (χ0) is 18.7. The van der Waals surface area contributed by atoms with Gasteiger partial charge in [0.25, 0.3) is 0 Å². The highest BCUT2D eigenvalue weighted by Gasteiger charge is 2.17. The molecule has 0 bridgehead atoms. The highest BCUT2D eigenvalue weighted by Crippen LogP contribution is 2.32. The van der Waals surface area contributed by atoms with Crippen LogP contribution in [-0.2, 0) is 13.2 Å². The van der Waals surface area contributed by atoms with E-state index in [4.69, 9.17) is 9.47 Å². The van der Waals surface area contributed by atoms with Gasteiger partial charge < -0.3 is 14.8 Å². The first-order chi connectivity index (χ1) is 13.4. The Morgan fingerprint density at radius 3 is 2.33 bits per heavy atom. The maximum absolute atomic E-state index is 6.25. The molecule has 0 aliphatic heterocycles. The molecule has 0 atom stereocenters. The number of hydrogen-bond acceptors (Lipinski definition) is 2. The summed E-state index contributed by atoms with van der Waals surface area (Å²) in [5, 5.41) is 2.52. The first-order valence-electron chi connectivity index (χ1n) is 10.6. The molecule has 0 saturated heterocycles. The van der Waals surface area contributed by atoms with Crippen molar-refractivity contribution in [3.05, 3.63) is 59.7 Å². The van der Waals surface area contributed by atoms with Crippen LogP contribution in [0.15, 0.2) is 48.5 Å². The molecule has 2 aromatic rings. The predicted octanol–water partition coefficient (Wildman–Crippen LogP) is 4.84. The molecule has 1 aliphatic carbocycles. The second kappa shape index (κ2) is 11.0. The normalized spacial score (nSPS) is 15.7. The summed E-state index contributed by atoms with van der Waals surface area (Å²) in [5.41, 5.74) is 2.41. The molecule has 3 heteroatoms. The van der Waals surface area contributed by atoms with E-state index in [9.17, 15) is 0 Å². The molecule has 3 nitrogen and oxygen atoms in total. The van der Waals surface area contributed by atoms with E-state index in [-0.39, 0.29) is 0 Å². The number of quaternary nitrogens is 1. The van der Waals surface area contributed by atoms with Crippen molar-refractivity contribution in [2.75, 3.05) is 6.61 Å². The van der Waals surface area contributed by atoms with Crippen LogP contribution in [0.5, 0.6) is 11.5 Å². The zero-order valence-corrected chi connectivity index (χ0v) is 16.7.